The van der Waals surface area contributed by atoms with Crippen molar-refractivity contribution >= 4 is 29.0 Å². The number of ether oxygens (including phenoxy) is 1. The van der Waals surface area contributed by atoms with Crippen LogP contribution in [0.1, 0.15) is 17.7 Å². The van der Waals surface area contributed by atoms with Gasteiger partial charge in [0.2, 0.25) is 5.91 Å². The van der Waals surface area contributed by atoms with Crippen LogP contribution in [-0.2, 0) is 21.7 Å². The lowest BCUT2D eigenvalue weighted by Crippen LogP contribution is -2.26. The number of rotatable bonds is 9. The van der Waals surface area contributed by atoms with Crippen molar-refractivity contribution in [1.29, 1.82) is 0 Å². The van der Waals surface area contributed by atoms with Gasteiger partial charge in [-0.25, -0.2) is 9.37 Å². The topological polar surface area (TPSA) is 51.2 Å². The van der Waals surface area contributed by atoms with Crippen LogP contribution in [0.5, 0.6) is 0 Å². The molecule has 0 unspecified atom stereocenters. The molecule has 0 fully saturated rings. The van der Waals surface area contributed by atoms with Crippen molar-refractivity contribution in [2.24, 2.45) is 0 Å². The normalized spacial score (nSPS) is 10.7. The van der Waals surface area contributed by atoms with Crippen molar-refractivity contribution in [3.05, 3.63) is 46.7 Å². The minimum atomic E-state index is -0.230. The number of aromatic nitrogens is 1. The van der Waals surface area contributed by atoms with Crippen LogP contribution in [0, 0.1) is 5.82 Å². The quantitative estimate of drug-likeness (QED) is 0.555. The lowest BCUT2D eigenvalue weighted by molar-refractivity contribution is -0.120. The van der Waals surface area contributed by atoms with Gasteiger partial charge in [0.25, 0.3) is 0 Å². The second kappa shape index (κ2) is 9.64. The van der Waals surface area contributed by atoms with Gasteiger partial charge in [-0.1, -0.05) is 23.9 Å². The van der Waals surface area contributed by atoms with Crippen molar-refractivity contribution in [1.82, 2.24) is 10.3 Å². The predicted molar refractivity (Wildman–Crippen MR) is 91.3 cm³/mol. The van der Waals surface area contributed by atoms with E-state index in [2.05, 4.69) is 10.3 Å². The summed E-state index contributed by atoms with van der Waals surface area (Å²) in [6.07, 6.45) is 1.10. The number of thiazole rings is 1. The Morgan fingerprint density at radius 2 is 2.17 bits per heavy atom. The van der Waals surface area contributed by atoms with Gasteiger partial charge in [-0.15, -0.1) is 11.3 Å². The molecule has 1 amide bonds. The third kappa shape index (κ3) is 6.68. The summed E-state index contributed by atoms with van der Waals surface area (Å²) >= 11 is 3.11. The molecule has 1 N–H and O–H groups in total. The third-order valence-corrected chi connectivity index (χ3v) is 5.14. The maximum atomic E-state index is 12.8. The molecular weight excluding hydrogens is 335 g/mol. The monoisotopic (exact) mass is 354 g/mol. The zero-order valence-corrected chi connectivity index (χ0v) is 14.5. The molecule has 2 aromatic rings. The summed E-state index contributed by atoms with van der Waals surface area (Å²) < 4.78 is 18.7. The number of carbonyl (C=O) groups excluding carboxylic acids is 1. The fraction of sp³-hybridized carbons (Fsp3) is 0.375. The Kier molecular flexibility index (Phi) is 7.51. The fourth-order valence-corrected chi connectivity index (χ4v) is 3.63. The fourth-order valence-electron chi connectivity index (χ4n) is 1.83. The number of nitrogens with one attached hydrogen (secondary N) is 1. The van der Waals surface area contributed by atoms with E-state index in [1.165, 1.54) is 23.5 Å². The second-order valence-corrected chi connectivity index (χ2v) is 6.97. The molecule has 124 valence electrons. The Balaban J connectivity index is 1.74. The van der Waals surface area contributed by atoms with Gasteiger partial charge in [0.05, 0.1) is 12.1 Å². The van der Waals surface area contributed by atoms with Crippen LogP contribution in [0.4, 0.5) is 4.39 Å². The highest BCUT2D eigenvalue weighted by Gasteiger charge is 2.08. The Hall–Kier alpha value is -1.44. The summed E-state index contributed by atoms with van der Waals surface area (Å²) in [6.45, 7) is 1.25. The van der Waals surface area contributed by atoms with Gasteiger partial charge >= 0.3 is 0 Å². The number of nitrogens with zero attached hydrogens (tertiary/aromatic N) is 1. The third-order valence-electron chi connectivity index (χ3n) is 3.00. The van der Waals surface area contributed by atoms with Gasteiger partial charge < -0.3 is 10.1 Å². The number of thioether (sulfide) groups is 1. The lowest BCUT2D eigenvalue weighted by Gasteiger charge is -2.03. The largest absolute Gasteiger partial charge is 0.385 e. The number of hydrogen-bond donors (Lipinski definition) is 1. The van der Waals surface area contributed by atoms with Crippen LogP contribution in [0.15, 0.2) is 34.0 Å². The molecule has 0 saturated heterocycles. The standard InChI is InChI=1S/C16H19FN2O2S2/c1-21-8-2-7-18-15(20)9-14-11-23-16(19-14)22-10-12-3-5-13(17)6-4-12/h3-6,11H,2,7-10H2,1H3,(H,18,20). The smallest absolute Gasteiger partial charge is 0.226 e. The first-order valence-corrected chi connectivity index (χ1v) is 9.11. The highest BCUT2D eigenvalue weighted by atomic mass is 32.2. The molecule has 0 saturated carbocycles. The average molecular weight is 354 g/mol. The molecule has 7 heteroatoms. The Labute approximate surface area is 143 Å². The SMILES string of the molecule is COCCCNC(=O)Cc1csc(SCc2ccc(F)cc2)n1. The van der Waals surface area contributed by atoms with Gasteiger partial charge in [0.15, 0.2) is 0 Å². The number of methoxy groups -OCH3 is 1. The van der Waals surface area contributed by atoms with Crippen molar-refractivity contribution in [2.75, 3.05) is 20.3 Å². The molecule has 4 nitrogen and oxygen atoms in total. The molecule has 1 aromatic heterocycles. The molecular formula is C16H19FN2O2S2. The molecule has 2 rings (SSSR count). The van der Waals surface area contributed by atoms with E-state index >= 15 is 0 Å². The Morgan fingerprint density at radius 3 is 2.91 bits per heavy atom. The number of benzene rings is 1. The van der Waals surface area contributed by atoms with Gasteiger partial charge in [-0.05, 0) is 24.1 Å². The summed E-state index contributed by atoms with van der Waals surface area (Å²) in [5, 5.41) is 4.75. The predicted octanol–water partition coefficient (Wildman–Crippen LogP) is 3.27. The van der Waals surface area contributed by atoms with E-state index in [9.17, 15) is 9.18 Å². The van der Waals surface area contributed by atoms with E-state index in [4.69, 9.17) is 4.74 Å². The van der Waals surface area contributed by atoms with Crippen LogP contribution in [0.3, 0.4) is 0 Å². The number of amides is 1. The molecule has 0 aliphatic rings. The molecule has 1 heterocycles. The maximum Gasteiger partial charge on any atom is 0.226 e. The molecule has 0 spiro atoms. The molecule has 0 aliphatic heterocycles. The maximum absolute atomic E-state index is 12.8. The Bertz CT molecular complexity index is 617. The summed E-state index contributed by atoms with van der Waals surface area (Å²) in [6, 6.07) is 6.45. The second-order valence-electron chi connectivity index (χ2n) is 4.89. The van der Waals surface area contributed by atoms with E-state index in [0.29, 0.717) is 19.6 Å². The highest BCUT2D eigenvalue weighted by molar-refractivity contribution is 8.00. The van der Waals surface area contributed by atoms with E-state index in [0.717, 1.165) is 27.8 Å². The molecule has 1 aromatic carbocycles. The van der Waals surface area contributed by atoms with E-state index in [-0.39, 0.29) is 11.7 Å². The first kappa shape index (κ1) is 17.9. The van der Waals surface area contributed by atoms with Crippen molar-refractivity contribution in [2.45, 2.75) is 22.9 Å². The Morgan fingerprint density at radius 1 is 1.39 bits per heavy atom. The number of hydrogen-bond acceptors (Lipinski definition) is 5. The highest BCUT2D eigenvalue weighted by Crippen LogP contribution is 2.26. The molecule has 0 atom stereocenters. The summed E-state index contributed by atoms with van der Waals surface area (Å²) in [7, 11) is 1.64. The van der Waals surface area contributed by atoms with Crippen LogP contribution in [0.25, 0.3) is 0 Å². The minimum absolute atomic E-state index is 0.0264. The van der Waals surface area contributed by atoms with E-state index < -0.39 is 0 Å². The van der Waals surface area contributed by atoms with Crippen molar-refractivity contribution in [3.8, 4) is 0 Å². The van der Waals surface area contributed by atoms with Gasteiger partial charge in [-0.3, -0.25) is 4.79 Å². The van der Waals surface area contributed by atoms with E-state index in [1.54, 1.807) is 31.0 Å². The average Bonchev–Trinajstić information content (AvgIpc) is 2.98. The summed E-state index contributed by atoms with van der Waals surface area (Å²) in [4.78, 5) is 16.2. The van der Waals surface area contributed by atoms with Crippen LogP contribution >= 0.6 is 23.1 Å². The summed E-state index contributed by atoms with van der Waals surface area (Å²) in [5.74, 6) is 0.476. The summed E-state index contributed by atoms with van der Waals surface area (Å²) in [5.41, 5.74) is 1.82. The number of halogens is 1. The van der Waals surface area contributed by atoms with Gasteiger partial charge in [-0.2, -0.15) is 0 Å². The van der Waals surface area contributed by atoms with Crippen molar-refractivity contribution in [3.63, 3.8) is 0 Å². The molecule has 0 bridgehead atoms. The lowest BCUT2D eigenvalue weighted by atomic mass is 10.2. The first-order chi connectivity index (χ1) is 11.2. The van der Waals surface area contributed by atoms with Gasteiger partial charge in [0, 0.05) is 31.4 Å². The molecule has 0 radical (unpaired) electrons. The molecule has 0 aliphatic carbocycles. The van der Waals surface area contributed by atoms with Gasteiger partial charge in [0.1, 0.15) is 10.2 Å². The van der Waals surface area contributed by atoms with E-state index in [1.807, 2.05) is 5.38 Å². The zero-order valence-electron chi connectivity index (χ0n) is 12.9. The molecule has 23 heavy (non-hydrogen) atoms. The first-order valence-electron chi connectivity index (χ1n) is 7.24. The van der Waals surface area contributed by atoms with Crippen LogP contribution in [-0.4, -0.2) is 31.2 Å². The van der Waals surface area contributed by atoms with Crippen LogP contribution in [0.2, 0.25) is 0 Å². The zero-order chi connectivity index (χ0) is 16.5. The van der Waals surface area contributed by atoms with Crippen molar-refractivity contribution < 1.29 is 13.9 Å². The number of carbonyl (C=O) groups is 1. The van der Waals surface area contributed by atoms with Crippen LogP contribution < -0.4 is 5.32 Å². The minimum Gasteiger partial charge on any atom is -0.385 e.